The van der Waals surface area contributed by atoms with Gasteiger partial charge in [-0.05, 0) is 46.2 Å². The molecule has 1 atom stereocenters. The second-order valence-corrected chi connectivity index (χ2v) is 7.37. The summed E-state index contributed by atoms with van der Waals surface area (Å²) in [6.45, 7) is 4.62. The lowest BCUT2D eigenvalue weighted by Gasteiger charge is -2.32. The maximum atomic E-state index is 6.40. The molecule has 0 saturated heterocycles. The van der Waals surface area contributed by atoms with E-state index in [-0.39, 0.29) is 5.38 Å². The van der Waals surface area contributed by atoms with Gasteiger partial charge in [0.25, 0.3) is 0 Å². The molecular formula is C16H17ClS. The van der Waals surface area contributed by atoms with E-state index < -0.39 is 0 Å². The van der Waals surface area contributed by atoms with Crippen LogP contribution in [-0.2, 0) is 0 Å². The third kappa shape index (κ3) is 2.22. The Morgan fingerprint density at radius 2 is 2.11 bits per heavy atom. The van der Waals surface area contributed by atoms with Gasteiger partial charge in [-0.25, -0.2) is 0 Å². The van der Waals surface area contributed by atoms with Crippen molar-refractivity contribution in [2.45, 2.75) is 32.1 Å². The van der Waals surface area contributed by atoms with Gasteiger partial charge in [0.15, 0.2) is 0 Å². The lowest BCUT2D eigenvalue weighted by atomic mass is 9.75. The number of hydrogen-bond acceptors (Lipinski definition) is 1. The molecule has 18 heavy (non-hydrogen) atoms. The Morgan fingerprint density at radius 1 is 1.28 bits per heavy atom. The van der Waals surface area contributed by atoms with E-state index in [0.717, 1.165) is 12.8 Å². The number of rotatable bonds is 1. The number of fused-ring (bicyclic) bond motifs is 1. The van der Waals surface area contributed by atoms with Gasteiger partial charge in [0, 0.05) is 4.70 Å². The number of benzene rings is 1. The van der Waals surface area contributed by atoms with Gasteiger partial charge in [-0.1, -0.05) is 38.1 Å². The van der Waals surface area contributed by atoms with Crippen LogP contribution >= 0.6 is 22.9 Å². The van der Waals surface area contributed by atoms with Gasteiger partial charge in [-0.3, -0.25) is 0 Å². The van der Waals surface area contributed by atoms with E-state index in [1.807, 2.05) is 11.3 Å². The smallest absolute Gasteiger partial charge is 0.0527 e. The molecule has 1 heterocycles. The van der Waals surface area contributed by atoms with Crippen LogP contribution in [0.1, 0.15) is 32.3 Å². The summed E-state index contributed by atoms with van der Waals surface area (Å²) in [4.78, 5) is 0. The molecule has 0 aliphatic heterocycles. The first-order valence-electron chi connectivity index (χ1n) is 6.36. The third-order valence-corrected chi connectivity index (χ3v) is 4.87. The maximum absolute atomic E-state index is 6.40. The summed E-state index contributed by atoms with van der Waals surface area (Å²) in [5, 5.41) is 3.67. The fourth-order valence-corrected chi connectivity index (χ4v) is 4.40. The van der Waals surface area contributed by atoms with Crippen LogP contribution in [0.15, 0.2) is 35.7 Å². The molecule has 0 nitrogen and oxygen atoms in total. The quantitative estimate of drug-likeness (QED) is 0.585. The molecule has 1 aromatic carbocycles. The Bertz CT molecular complexity index is 606. The second kappa shape index (κ2) is 4.40. The monoisotopic (exact) mass is 276 g/mol. The molecular weight excluding hydrogens is 260 g/mol. The summed E-state index contributed by atoms with van der Waals surface area (Å²) in [5.41, 5.74) is 3.09. The fraction of sp³-hybridized carbons (Fsp3) is 0.375. The number of allylic oxidation sites excluding steroid dienone is 2. The van der Waals surface area contributed by atoms with Crippen LogP contribution in [0.3, 0.4) is 0 Å². The molecule has 0 saturated carbocycles. The zero-order valence-electron chi connectivity index (χ0n) is 10.7. The lowest BCUT2D eigenvalue weighted by molar-refractivity contribution is 0.340. The molecule has 1 aliphatic rings. The summed E-state index contributed by atoms with van der Waals surface area (Å²) in [5.74, 6) is 0. The van der Waals surface area contributed by atoms with Crippen molar-refractivity contribution in [2.75, 3.05) is 0 Å². The van der Waals surface area contributed by atoms with Gasteiger partial charge >= 0.3 is 0 Å². The Labute approximate surface area is 117 Å². The number of thiophene rings is 1. The number of hydrogen-bond donors (Lipinski definition) is 0. The van der Waals surface area contributed by atoms with Crippen molar-refractivity contribution in [3.8, 4) is 0 Å². The molecule has 2 heteroatoms. The van der Waals surface area contributed by atoms with Gasteiger partial charge in [0.05, 0.1) is 5.38 Å². The minimum absolute atomic E-state index is 0.166. The third-order valence-electron chi connectivity index (χ3n) is 3.62. The Kier molecular flexibility index (Phi) is 2.99. The van der Waals surface area contributed by atoms with Crippen molar-refractivity contribution in [3.05, 3.63) is 41.3 Å². The number of halogens is 1. The average Bonchev–Trinajstić information content (AvgIpc) is 2.73. The molecule has 1 aromatic heterocycles. The molecule has 3 rings (SSSR count). The Balaban J connectivity index is 2.12. The normalized spacial score (nSPS) is 23.1. The molecule has 0 radical (unpaired) electrons. The Hall–Kier alpha value is -0.790. The predicted octanol–water partition coefficient (Wildman–Crippen LogP) is 5.71. The van der Waals surface area contributed by atoms with Crippen molar-refractivity contribution in [2.24, 2.45) is 5.41 Å². The first kappa shape index (κ1) is 12.3. The van der Waals surface area contributed by atoms with Crippen LogP contribution in [0.4, 0.5) is 0 Å². The van der Waals surface area contributed by atoms with Crippen molar-refractivity contribution >= 4 is 38.6 Å². The first-order chi connectivity index (χ1) is 8.55. The predicted molar refractivity (Wildman–Crippen MR) is 82.5 cm³/mol. The van der Waals surface area contributed by atoms with E-state index in [4.69, 9.17) is 11.6 Å². The van der Waals surface area contributed by atoms with Gasteiger partial charge < -0.3 is 0 Å². The molecule has 94 valence electrons. The van der Waals surface area contributed by atoms with Crippen LogP contribution in [0.5, 0.6) is 0 Å². The van der Waals surface area contributed by atoms with E-state index in [9.17, 15) is 0 Å². The van der Waals surface area contributed by atoms with E-state index >= 15 is 0 Å². The molecule has 1 aliphatic carbocycles. The average molecular weight is 277 g/mol. The van der Waals surface area contributed by atoms with E-state index in [1.165, 1.54) is 21.2 Å². The molecule has 1 unspecified atom stereocenters. The van der Waals surface area contributed by atoms with Gasteiger partial charge in [-0.15, -0.1) is 22.9 Å². The zero-order chi connectivity index (χ0) is 12.8. The van der Waals surface area contributed by atoms with Crippen molar-refractivity contribution in [1.29, 1.82) is 0 Å². The summed E-state index contributed by atoms with van der Waals surface area (Å²) in [6, 6.07) is 8.75. The molecule has 0 spiro atoms. The maximum Gasteiger partial charge on any atom is 0.0527 e. The van der Waals surface area contributed by atoms with Gasteiger partial charge in [0.1, 0.15) is 0 Å². The van der Waals surface area contributed by atoms with Crippen molar-refractivity contribution in [3.63, 3.8) is 0 Å². The van der Waals surface area contributed by atoms with Crippen LogP contribution in [0, 0.1) is 5.41 Å². The highest BCUT2D eigenvalue weighted by Crippen LogP contribution is 2.43. The minimum atomic E-state index is 0.166. The highest BCUT2D eigenvalue weighted by molar-refractivity contribution is 7.17. The first-order valence-corrected chi connectivity index (χ1v) is 7.68. The minimum Gasteiger partial charge on any atom is -0.143 e. The summed E-state index contributed by atoms with van der Waals surface area (Å²) in [6.07, 6.45) is 4.44. The second-order valence-electron chi connectivity index (χ2n) is 5.90. The fourth-order valence-electron chi connectivity index (χ4n) is 2.88. The van der Waals surface area contributed by atoms with Crippen LogP contribution < -0.4 is 0 Å². The largest absolute Gasteiger partial charge is 0.143 e. The van der Waals surface area contributed by atoms with Crippen molar-refractivity contribution < 1.29 is 0 Å². The van der Waals surface area contributed by atoms with E-state index in [2.05, 4.69) is 49.6 Å². The molecule has 0 amide bonds. The highest BCUT2D eigenvalue weighted by atomic mass is 35.5. The van der Waals surface area contributed by atoms with Crippen LogP contribution in [0.25, 0.3) is 15.7 Å². The van der Waals surface area contributed by atoms with Crippen molar-refractivity contribution in [1.82, 2.24) is 0 Å². The zero-order valence-corrected chi connectivity index (χ0v) is 12.3. The van der Waals surface area contributed by atoms with Crippen LogP contribution in [0.2, 0.25) is 0 Å². The summed E-state index contributed by atoms with van der Waals surface area (Å²) in [7, 11) is 0. The van der Waals surface area contributed by atoms with E-state index in [0.29, 0.717) is 5.41 Å². The molecule has 2 aromatic rings. The lowest BCUT2D eigenvalue weighted by Crippen LogP contribution is -2.21. The van der Waals surface area contributed by atoms with Gasteiger partial charge in [0.2, 0.25) is 0 Å². The molecule has 0 N–H and O–H groups in total. The van der Waals surface area contributed by atoms with Crippen LogP contribution in [-0.4, -0.2) is 5.38 Å². The van der Waals surface area contributed by atoms with Gasteiger partial charge in [-0.2, -0.15) is 0 Å². The SMILES string of the molecule is CC1(C)CC(c2cccc3ccsc23)=CC(Cl)C1. The molecule has 0 fully saturated rings. The summed E-state index contributed by atoms with van der Waals surface area (Å²) < 4.78 is 1.39. The standard InChI is InChI=1S/C16H17ClS/c1-16(2)9-12(8-13(17)10-16)14-5-3-4-11-6-7-18-15(11)14/h3-8,13H,9-10H2,1-2H3. The Morgan fingerprint density at radius 3 is 2.89 bits per heavy atom. The topological polar surface area (TPSA) is 0 Å². The number of alkyl halides is 1. The highest BCUT2D eigenvalue weighted by Gasteiger charge is 2.28. The molecule has 0 bridgehead atoms. The van der Waals surface area contributed by atoms with E-state index in [1.54, 1.807) is 0 Å². The summed E-state index contributed by atoms with van der Waals surface area (Å²) >= 11 is 8.22.